The van der Waals surface area contributed by atoms with E-state index in [1.54, 1.807) is 0 Å². The first-order valence-electron chi connectivity index (χ1n) is 4.74. The molecule has 1 atom stereocenters. The number of hydrogen-bond donors (Lipinski definition) is 1. The van der Waals surface area contributed by atoms with Crippen molar-refractivity contribution in [2.45, 2.75) is 19.4 Å². The van der Waals surface area contributed by atoms with Crippen molar-refractivity contribution in [1.29, 1.82) is 0 Å². The number of halogens is 1. The molecule has 0 aliphatic carbocycles. The zero-order valence-electron chi connectivity index (χ0n) is 8.68. The lowest BCUT2D eigenvalue weighted by molar-refractivity contribution is 0.600. The molecule has 0 fully saturated rings. The average molecular weight is 254 g/mol. The fourth-order valence-corrected chi connectivity index (χ4v) is 1.95. The highest BCUT2D eigenvalue weighted by Crippen LogP contribution is 2.26. The van der Waals surface area contributed by atoms with E-state index in [9.17, 15) is 0 Å². The van der Waals surface area contributed by atoms with E-state index in [2.05, 4.69) is 52.9 Å². The molecule has 14 heavy (non-hydrogen) atoms. The van der Waals surface area contributed by atoms with Crippen molar-refractivity contribution in [3.05, 3.63) is 46.5 Å². The SMILES string of the molecule is C=CCC(NC)c1cccc(Br)c1C. The Morgan fingerprint density at radius 2 is 2.29 bits per heavy atom. The van der Waals surface area contributed by atoms with Gasteiger partial charge in [-0.05, 0) is 37.6 Å². The van der Waals surface area contributed by atoms with Crippen LogP contribution in [0.5, 0.6) is 0 Å². The molecule has 1 rings (SSSR count). The molecule has 0 saturated heterocycles. The molecular weight excluding hydrogens is 238 g/mol. The molecule has 76 valence electrons. The third-order valence-corrected chi connectivity index (χ3v) is 3.29. The van der Waals surface area contributed by atoms with Gasteiger partial charge in [-0.3, -0.25) is 0 Å². The van der Waals surface area contributed by atoms with Gasteiger partial charge in [0.1, 0.15) is 0 Å². The predicted molar refractivity (Wildman–Crippen MR) is 65.5 cm³/mol. The fourth-order valence-electron chi connectivity index (χ4n) is 1.57. The molecule has 0 heterocycles. The van der Waals surface area contributed by atoms with Crippen LogP contribution < -0.4 is 5.32 Å². The maximum atomic E-state index is 3.77. The molecule has 2 heteroatoms. The smallest absolute Gasteiger partial charge is 0.0355 e. The van der Waals surface area contributed by atoms with Crippen molar-refractivity contribution in [2.24, 2.45) is 0 Å². The summed E-state index contributed by atoms with van der Waals surface area (Å²) in [5.41, 5.74) is 2.63. The van der Waals surface area contributed by atoms with Crippen LogP contribution in [0.25, 0.3) is 0 Å². The third kappa shape index (κ3) is 2.46. The third-order valence-electron chi connectivity index (χ3n) is 2.44. The molecule has 0 aliphatic rings. The molecule has 0 radical (unpaired) electrons. The van der Waals surface area contributed by atoms with Gasteiger partial charge in [0.2, 0.25) is 0 Å². The van der Waals surface area contributed by atoms with Crippen LogP contribution in [0.2, 0.25) is 0 Å². The predicted octanol–water partition coefficient (Wildman–Crippen LogP) is 3.59. The van der Waals surface area contributed by atoms with Gasteiger partial charge < -0.3 is 5.32 Å². The van der Waals surface area contributed by atoms with Crippen molar-refractivity contribution in [3.63, 3.8) is 0 Å². The van der Waals surface area contributed by atoms with E-state index in [1.807, 2.05) is 13.1 Å². The Morgan fingerprint density at radius 1 is 1.57 bits per heavy atom. The van der Waals surface area contributed by atoms with Gasteiger partial charge in [0.05, 0.1) is 0 Å². The average Bonchev–Trinajstić information content (AvgIpc) is 2.19. The van der Waals surface area contributed by atoms with Gasteiger partial charge in [-0.15, -0.1) is 6.58 Å². The molecule has 1 aromatic rings. The Bertz CT molecular complexity index is 320. The highest BCUT2D eigenvalue weighted by molar-refractivity contribution is 9.10. The summed E-state index contributed by atoms with van der Waals surface area (Å²) in [5.74, 6) is 0. The highest BCUT2D eigenvalue weighted by atomic mass is 79.9. The van der Waals surface area contributed by atoms with Crippen LogP contribution in [-0.4, -0.2) is 7.05 Å². The molecular formula is C12H16BrN. The summed E-state index contributed by atoms with van der Waals surface area (Å²) in [6.45, 7) is 5.91. The highest BCUT2D eigenvalue weighted by Gasteiger charge is 2.10. The number of hydrogen-bond acceptors (Lipinski definition) is 1. The molecule has 0 amide bonds. The van der Waals surface area contributed by atoms with Gasteiger partial charge in [-0.1, -0.05) is 34.1 Å². The maximum Gasteiger partial charge on any atom is 0.0355 e. The minimum Gasteiger partial charge on any atom is -0.313 e. The molecule has 1 aromatic carbocycles. The Morgan fingerprint density at radius 3 is 2.86 bits per heavy atom. The standard InChI is InChI=1S/C12H16BrN/c1-4-6-12(14-3)10-7-5-8-11(13)9(10)2/h4-5,7-8,12,14H,1,6H2,2-3H3. The van der Waals surface area contributed by atoms with E-state index in [1.165, 1.54) is 15.6 Å². The van der Waals surface area contributed by atoms with Gasteiger partial charge in [0.25, 0.3) is 0 Å². The van der Waals surface area contributed by atoms with Crippen LogP contribution in [0.1, 0.15) is 23.6 Å². The van der Waals surface area contributed by atoms with E-state index < -0.39 is 0 Å². The molecule has 0 spiro atoms. The summed E-state index contributed by atoms with van der Waals surface area (Å²) in [4.78, 5) is 0. The molecule has 0 aliphatic heterocycles. The second kappa shape index (κ2) is 5.32. The molecule has 1 unspecified atom stereocenters. The van der Waals surface area contributed by atoms with E-state index >= 15 is 0 Å². The van der Waals surface area contributed by atoms with Crippen molar-refractivity contribution >= 4 is 15.9 Å². The first kappa shape index (κ1) is 11.5. The Labute approximate surface area is 94.3 Å². The Balaban J connectivity index is 3.03. The number of nitrogens with one attached hydrogen (secondary N) is 1. The van der Waals surface area contributed by atoms with E-state index in [-0.39, 0.29) is 0 Å². The zero-order valence-corrected chi connectivity index (χ0v) is 10.3. The van der Waals surface area contributed by atoms with Gasteiger partial charge in [0.15, 0.2) is 0 Å². The monoisotopic (exact) mass is 253 g/mol. The van der Waals surface area contributed by atoms with E-state index in [0.29, 0.717) is 6.04 Å². The van der Waals surface area contributed by atoms with Crippen molar-refractivity contribution in [1.82, 2.24) is 5.32 Å². The quantitative estimate of drug-likeness (QED) is 0.809. The van der Waals surface area contributed by atoms with E-state index in [0.717, 1.165) is 6.42 Å². The summed E-state index contributed by atoms with van der Waals surface area (Å²) < 4.78 is 1.17. The number of benzene rings is 1. The minimum atomic E-state index is 0.366. The van der Waals surface area contributed by atoms with Gasteiger partial charge in [-0.2, -0.15) is 0 Å². The molecule has 0 aromatic heterocycles. The largest absolute Gasteiger partial charge is 0.313 e. The summed E-state index contributed by atoms with van der Waals surface area (Å²) in [7, 11) is 1.98. The van der Waals surface area contributed by atoms with Crippen molar-refractivity contribution < 1.29 is 0 Å². The summed E-state index contributed by atoms with van der Waals surface area (Å²) in [6.07, 6.45) is 2.90. The summed E-state index contributed by atoms with van der Waals surface area (Å²) in [5, 5.41) is 3.30. The van der Waals surface area contributed by atoms with Gasteiger partial charge >= 0.3 is 0 Å². The van der Waals surface area contributed by atoms with Crippen LogP contribution in [0.3, 0.4) is 0 Å². The van der Waals surface area contributed by atoms with Crippen LogP contribution in [0, 0.1) is 6.92 Å². The lowest BCUT2D eigenvalue weighted by Gasteiger charge is -2.17. The van der Waals surface area contributed by atoms with E-state index in [4.69, 9.17) is 0 Å². The molecule has 0 bridgehead atoms. The zero-order chi connectivity index (χ0) is 10.6. The normalized spacial score (nSPS) is 12.5. The van der Waals surface area contributed by atoms with Crippen molar-refractivity contribution in [2.75, 3.05) is 7.05 Å². The number of rotatable bonds is 4. The molecule has 0 saturated carbocycles. The molecule has 1 nitrogen and oxygen atoms in total. The van der Waals surface area contributed by atoms with Crippen LogP contribution in [-0.2, 0) is 0 Å². The first-order valence-corrected chi connectivity index (χ1v) is 5.53. The van der Waals surface area contributed by atoms with Gasteiger partial charge in [-0.25, -0.2) is 0 Å². The van der Waals surface area contributed by atoms with Crippen LogP contribution >= 0.6 is 15.9 Å². The second-order valence-corrected chi connectivity index (χ2v) is 4.17. The van der Waals surface area contributed by atoms with Crippen LogP contribution in [0.4, 0.5) is 0 Å². The topological polar surface area (TPSA) is 12.0 Å². The molecule has 1 N–H and O–H groups in total. The summed E-state index contributed by atoms with van der Waals surface area (Å²) >= 11 is 3.54. The summed E-state index contributed by atoms with van der Waals surface area (Å²) in [6, 6.07) is 6.66. The van der Waals surface area contributed by atoms with Crippen LogP contribution in [0.15, 0.2) is 35.3 Å². The van der Waals surface area contributed by atoms with Crippen molar-refractivity contribution in [3.8, 4) is 0 Å². The Kier molecular flexibility index (Phi) is 4.36. The Hall–Kier alpha value is -0.600. The second-order valence-electron chi connectivity index (χ2n) is 3.32. The lowest BCUT2D eigenvalue weighted by atomic mass is 9.99. The fraction of sp³-hybridized carbons (Fsp3) is 0.333. The first-order chi connectivity index (χ1) is 6.70. The van der Waals surface area contributed by atoms with Gasteiger partial charge in [0, 0.05) is 10.5 Å². The minimum absolute atomic E-state index is 0.366. The maximum absolute atomic E-state index is 3.77. The lowest BCUT2D eigenvalue weighted by Crippen LogP contribution is -2.16.